The Balaban J connectivity index is 2.55. The molecule has 0 radical (unpaired) electrons. The van der Waals surface area contributed by atoms with Crippen LogP contribution in [-0.2, 0) is 4.79 Å². The van der Waals surface area contributed by atoms with E-state index in [2.05, 4.69) is 5.32 Å². The van der Waals surface area contributed by atoms with Gasteiger partial charge in [0.1, 0.15) is 0 Å². The van der Waals surface area contributed by atoms with Crippen LogP contribution in [0, 0.1) is 5.92 Å². The first-order valence-corrected chi connectivity index (χ1v) is 3.39. The van der Waals surface area contributed by atoms with Crippen LogP contribution in [0.15, 0.2) is 24.3 Å². The monoisotopic (exact) mass is 137 g/mol. The fourth-order valence-corrected chi connectivity index (χ4v) is 0.935. The molecule has 0 saturated carbocycles. The van der Waals surface area contributed by atoms with Crippen LogP contribution in [0.4, 0.5) is 0 Å². The summed E-state index contributed by atoms with van der Waals surface area (Å²) in [5.41, 5.74) is 0. The van der Waals surface area contributed by atoms with Crippen molar-refractivity contribution in [1.82, 2.24) is 5.32 Å². The van der Waals surface area contributed by atoms with Gasteiger partial charge in [-0.1, -0.05) is 24.3 Å². The summed E-state index contributed by atoms with van der Waals surface area (Å²) in [6.45, 7) is 0. The molecule has 0 bridgehead atoms. The van der Waals surface area contributed by atoms with Gasteiger partial charge in [-0.3, -0.25) is 4.79 Å². The zero-order valence-corrected chi connectivity index (χ0v) is 6.00. The predicted octanol–water partition coefficient (Wildman–Crippen LogP) is 0.865. The first-order chi connectivity index (χ1) is 4.84. The predicted molar refractivity (Wildman–Crippen MR) is 40.5 cm³/mol. The van der Waals surface area contributed by atoms with Crippen LogP contribution in [0.25, 0.3) is 0 Å². The van der Waals surface area contributed by atoms with E-state index in [0.717, 1.165) is 6.42 Å². The van der Waals surface area contributed by atoms with Crippen LogP contribution < -0.4 is 5.32 Å². The van der Waals surface area contributed by atoms with Crippen molar-refractivity contribution in [3.05, 3.63) is 24.3 Å². The second-order valence-corrected chi connectivity index (χ2v) is 2.23. The Hall–Kier alpha value is -1.05. The summed E-state index contributed by atoms with van der Waals surface area (Å²) in [5, 5.41) is 2.59. The number of rotatable bonds is 1. The van der Waals surface area contributed by atoms with Crippen LogP contribution in [0.1, 0.15) is 6.42 Å². The quantitative estimate of drug-likeness (QED) is 0.534. The molecule has 0 atom stereocenters. The van der Waals surface area contributed by atoms with Crippen LogP contribution in [0.2, 0.25) is 0 Å². The van der Waals surface area contributed by atoms with Gasteiger partial charge in [0.2, 0.25) is 5.91 Å². The third-order valence-electron chi connectivity index (χ3n) is 1.51. The van der Waals surface area contributed by atoms with Gasteiger partial charge < -0.3 is 5.32 Å². The average Bonchev–Trinajstić information content (AvgIpc) is 2.05. The molecule has 2 heteroatoms. The van der Waals surface area contributed by atoms with E-state index in [4.69, 9.17) is 0 Å². The topological polar surface area (TPSA) is 29.1 Å². The summed E-state index contributed by atoms with van der Waals surface area (Å²) >= 11 is 0. The Morgan fingerprint density at radius 1 is 1.50 bits per heavy atom. The lowest BCUT2D eigenvalue weighted by Crippen LogP contribution is -2.25. The maximum Gasteiger partial charge on any atom is 0.230 e. The maximum absolute atomic E-state index is 11.0. The second kappa shape index (κ2) is 3.20. The van der Waals surface area contributed by atoms with Crippen LogP contribution in [-0.4, -0.2) is 13.0 Å². The fraction of sp³-hybridized carbons (Fsp3) is 0.375. The highest BCUT2D eigenvalue weighted by molar-refractivity contribution is 5.82. The molecular weight excluding hydrogens is 126 g/mol. The van der Waals surface area contributed by atoms with Crippen molar-refractivity contribution in [2.45, 2.75) is 6.42 Å². The third kappa shape index (κ3) is 1.47. The van der Waals surface area contributed by atoms with Crippen LogP contribution >= 0.6 is 0 Å². The van der Waals surface area contributed by atoms with Gasteiger partial charge in [-0.25, -0.2) is 0 Å². The SMILES string of the molecule is CNC(=O)C1C=CCC=C1. The van der Waals surface area contributed by atoms with Crippen molar-refractivity contribution in [3.8, 4) is 0 Å². The van der Waals surface area contributed by atoms with Crippen molar-refractivity contribution in [2.24, 2.45) is 5.92 Å². The highest BCUT2D eigenvalue weighted by Gasteiger charge is 2.10. The van der Waals surface area contributed by atoms with Crippen molar-refractivity contribution >= 4 is 5.91 Å². The van der Waals surface area contributed by atoms with E-state index >= 15 is 0 Å². The van der Waals surface area contributed by atoms with Gasteiger partial charge in [0.05, 0.1) is 5.92 Å². The van der Waals surface area contributed by atoms with Gasteiger partial charge in [-0.15, -0.1) is 0 Å². The minimum atomic E-state index is -0.0428. The summed E-state index contributed by atoms with van der Waals surface area (Å²) in [5.74, 6) is 0.0194. The lowest BCUT2D eigenvalue weighted by Gasteiger charge is -2.07. The molecule has 0 unspecified atom stereocenters. The first kappa shape index (κ1) is 7.06. The number of hydrogen-bond acceptors (Lipinski definition) is 1. The maximum atomic E-state index is 11.0. The molecule has 0 heterocycles. The van der Waals surface area contributed by atoms with Crippen molar-refractivity contribution in [3.63, 3.8) is 0 Å². The van der Waals surface area contributed by atoms with E-state index in [-0.39, 0.29) is 11.8 Å². The lowest BCUT2D eigenvalue weighted by atomic mass is 10.0. The molecule has 1 amide bonds. The number of allylic oxidation sites excluding steroid dienone is 2. The van der Waals surface area contributed by atoms with E-state index in [1.54, 1.807) is 7.05 Å². The van der Waals surface area contributed by atoms with E-state index in [9.17, 15) is 4.79 Å². The summed E-state index contributed by atoms with van der Waals surface area (Å²) in [7, 11) is 1.65. The van der Waals surface area contributed by atoms with Crippen molar-refractivity contribution < 1.29 is 4.79 Å². The summed E-state index contributed by atoms with van der Waals surface area (Å²) < 4.78 is 0. The van der Waals surface area contributed by atoms with Crippen LogP contribution in [0.3, 0.4) is 0 Å². The number of amides is 1. The largest absolute Gasteiger partial charge is 0.358 e. The van der Waals surface area contributed by atoms with Gasteiger partial charge in [0.15, 0.2) is 0 Å². The summed E-state index contributed by atoms with van der Waals surface area (Å²) in [6.07, 6.45) is 8.78. The highest BCUT2D eigenvalue weighted by Crippen LogP contribution is 2.08. The van der Waals surface area contributed by atoms with Crippen LogP contribution in [0.5, 0.6) is 0 Å². The molecule has 54 valence electrons. The van der Waals surface area contributed by atoms with Gasteiger partial charge in [0, 0.05) is 7.05 Å². The molecule has 0 aromatic rings. The normalized spacial score (nSPS) is 17.3. The van der Waals surface area contributed by atoms with Crippen molar-refractivity contribution in [2.75, 3.05) is 7.05 Å². The van der Waals surface area contributed by atoms with E-state index in [1.165, 1.54) is 0 Å². The third-order valence-corrected chi connectivity index (χ3v) is 1.51. The molecule has 10 heavy (non-hydrogen) atoms. The standard InChI is InChI=1S/C8H11NO/c1-9-8(10)7-5-3-2-4-6-7/h3-7H,2H2,1H3,(H,9,10). The molecule has 0 aromatic heterocycles. The molecule has 1 aliphatic carbocycles. The minimum Gasteiger partial charge on any atom is -0.358 e. The Morgan fingerprint density at radius 3 is 2.60 bits per heavy atom. The smallest absolute Gasteiger partial charge is 0.230 e. The van der Waals surface area contributed by atoms with E-state index < -0.39 is 0 Å². The second-order valence-electron chi connectivity index (χ2n) is 2.23. The Bertz CT molecular complexity index is 170. The lowest BCUT2D eigenvalue weighted by molar-refractivity contribution is -0.121. The number of carbonyl (C=O) groups is 1. The number of hydrogen-bond donors (Lipinski definition) is 1. The molecule has 0 spiro atoms. The molecule has 2 nitrogen and oxygen atoms in total. The van der Waals surface area contributed by atoms with Crippen molar-refractivity contribution in [1.29, 1.82) is 0 Å². The number of carbonyl (C=O) groups excluding carboxylic acids is 1. The molecule has 1 rings (SSSR count). The number of nitrogens with one attached hydrogen (secondary N) is 1. The highest BCUT2D eigenvalue weighted by atomic mass is 16.1. The minimum absolute atomic E-state index is 0.0428. The molecule has 1 aliphatic rings. The molecule has 0 fully saturated rings. The fourth-order valence-electron chi connectivity index (χ4n) is 0.935. The Kier molecular flexibility index (Phi) is 2.26. The Morgan fingerprint density at radius 2 is 2.10 bits per heavy atom. The van der Waals surface area contributed by atoms with Gasteiger partial charge in [0.25, 0.3) is 0 Å². The van der Waals surface area contributed by atoms with Gasteiger partial charge in [-0.2, -0.15) is 0 Å². The van der Waals surface area contributed by atoms with Gasteiger partial charge >= 0.3 is 0 Å². The molecule has 0 saturated heterocycles. The first-order valence-electron chi connectivity index (χ1n) is 3.39. The molecule has 0 aliphatic heterocycles. The van der Waals surface area contributed by atoms with E-state index in [1.807, 2.05) is 24.3 Å². The van der Waals surface area contributed by atoms with Gasteiger partial charge in [-0.05, 0) is 6.42 Å². The average molecular weight is 137 g/mol. The molecule has 0 aromatic carbocycles. The Labute approximate surface area is 60.6 Å². The summed E-state index contributed by atoms with van der Waals surface area (Å²) in [6, 6.07) is 0. The summed E-state index contributed by atoms with van der Waals surface area (Å²) in [4.78, 5) is 11.0. The van der Waals surface area contributed by atoms with E-state index in [0.29, 0.717) is 0 Å². The molecule has 1 N–H and O–H groups in total. The zero-order valence-electron chi connectivity index (χ0n) is 6.00. The molecular formula is C8H11NO. The zero-order chi connectivity index (χ0) is 7.40.